The summed E-state index contributed by atoms with van der Waals surface area (Å²) in [4.78, 5) is 15.9. The molecule has 0 bridgehead atoms. The summed E-state index contributed by atoms with van der Waals surface area (Å²) in [6, 6.07) is 27.0. The Morgan fingerprint density at radius 2 is 1.38 bits per heavy atom. The monoisotopic (exact) mass is 535 g/mol. The molecule has 0 radical (unpaired) electrons. The highest BCUT2D eigenvalue weighted by molar-refractivity contribution is 8.00. The molecule has 0 saturated carbocycles. The molecule has 1 amide bonds. The van der Waals surface area contributed by atoms with E-state index in [9.17, 15) is 4.79 Å². The maximum Gasteiger partial charge on any atom is 0.227 e. The Morgan fingerprint density at radius 3 is 1.95 bits per heavy atom. The van der Waals surface area contributed by atoms with E-state index in [1.165, 1.54) is 16.7 Å². The maximum absolute atomic E-state index is 13.7. The summed E-state index contributed by atoms with van der Waals surface area (Å²) < 4.78 is 10.5. The number of hydrogen-bond donors (Lipinski definition) is 0. The Kier molecular flexibility index (Phi) is 9.49. The molecule has 0 unspecified atom stereocenters. The predicted octanol–water partition coefficient (Wildman–Crippen LogP) is 7.07. The molecule has 0 N–H and O–H groups in total. The molecule has 1 aliphatic heterocycles. The SMILES string of the molecule is COc1ccc(CSC[C@H]2C[C@H](C(C)(C)SCc3ccc(OC)cc3)N(Cc3ccccc3)C2=O)cc1. The van der Waals surface area contributed by atoms with Gasteiger partial charge < -0.3 is 14.4 Å². The fraction of sp³-hybridized carbons (Fsp3) is 0.387. The largest absolute Gasteiger partial charge is 0.497 e. The summed E-state index contributed by atoms with van der Waals surface area (Å²) in [5, 5.41) is 0. The van der Waals surface area contributed by atoms with Crippen LogP contribution >= 0.6 is 23.5 Å². The third-order valence-electron chi connectivity index (χ3n) is 7.03. The number of amides is 1. The van der Waals surface area contributed by atoms with Crippen LogP contribution in [0.25, 0.3) is 0 Å². The van der Waals surface area contributed by atoms with E-state index in [4.69, 9.17) is 9.47 Å². The van der Waals surface area contributed by atoms with E-state index >= 15 is 0 Å². The number of likely N-dealkylation sites (tertiary alicyclic amines) is 1. The lowest BCUT2D eigenvalue weighted by Gasteiger charge is -2.37. The lowest BCUT2D eigenvalue weighted by atomic mass is 9.97. The Hall–Kier alpha value is -2.57. The predicted molar refractivity (Wildman–Crippen MR) is 156 cm³/mol. The minimum Gasteiger partial charge on any atom is -0.497 e. The van der Waals surface area contributed by atoms with Gasteiger partial charge in [-0.15, -0.1) is 11.8 Å². The number of rotatable bonds is 12. The van der Waals surface area contributed by atoms with Crippen LogP contribution in [0.1, 0.15) is 37.0 Å². The lowest BCUT2D eigenvalue weighted by molar-refractivity contribution is -0.132. The zero-order valence-corrected chi connectivity index (χ0v) is 23.8. The first-order chi connectivity index (χ1) is 17.9. The number of ether oxygens (including phenoxy) is 2. The van der Waals surface area contributed by atoms with Crippen molar-refractivity contribution in [1.82, 2.24) is 4.90 Å². The molecule has 0 aliphatic carbocycles. The molecule has 1 fully saturated rings. The molecule has 0 spiro atoms. The van der Waals surface area contributed by atoms with E-state index in [1.54, 1.807) is 14.2 Å². The second-order valence-electron chi connectivity index (χ2n) is 10.0. The molecule has 4 rings (SSSR count). The third kappa shape index (κ3) is 7.26. The summed E-state index contributed by atoms with van der Waals surface area (Å²) in [6.07, 6.45) is 0.893. The number of thioether (sulfide) groups is 2. The average Bonchev–Trinajstić information content (AvgIpc) is 3.24. The van der Waals surface area contributed by atoms with Gasteiger partial charge in [-0.2, -0.15) is 11.8 Å². The van der Waals surface area contributed by atoms with Gasteiger partial charge in [-0.3, -0.25) is 4.79 Å². The molecule has 1 aliphatic rings. The van der Waals surface area contributed by atoms with E-state index in [0.717, 1.165) is 35.2 Å². The highest BCUT2D eigenvalue weighted by atomic mass is 32.2. The molecule has 3 aromatic carbocycles. The van der Waals surface area contributed by atoms with Crippen LogP contribution in [-0.2, 0) is 22.8 Å². The van der Waals surface area contributed by atoms with Crippen molar-refractivity contribution in [2.75, 3.05) is 20.0 Å². The van der Waals surface area contributed by atoms with Crippen molar-refractivity contribution in [3.63, 3.8) is 0 Å². The highest BCUT2D eigenvalue weighted by Crippen LogP contribution is 2.42. The van der Waals surface area contributed by atoms with Crippen LogP contribution in [0.2, 0.25) is 0 Å². The number of carbonyl (C=O) groups is 1. The van der Waals surface area contributed by atoms with Crippen LogP contribution in [-0.4, -0.2) is 41.6 Å². The molecule has 1 heterocycles. The second-order valence-corrected chi connectivity index (χ2v) is 12.7. The van der Waals surface area contributed by atoms with Gasteiger partial charge in [0, 0.05) is 40.5 Å². The van der Waals surface area contributed by atoms with Crippen LogP contribution in [0.5, 0.6) is 11.5 Å². The van der Waals surface area contributed by atoms with Gasteiger partial charge in [0.05, 0.1) is 14.2 Å². The fourth-order valence-electron chi connectivity index (χ4n) is 4.78. The van der Waals surface area contributed by atoms with Gasteiger partial charge in [-0.25, -0.2) is 0 Å². The summed E-state index contributed by atoms with van der Waals surface area (Å²) in [5.74, 6) is 4.70. The Labute approximate surface area is 230 Å². The van der Waals surface area contributed by atoms with Crippen molar-refractivity contribution in [2.45, 2.75) is 49.1 Å². The molecular formula is C31H37NO3S2. The molecule has 2 atom stereocenters. The summed E-state index contributed by atoms with van der Waals surface area (Å²) in [7, 11) is 3.38. The standard InChI is InChI=1S/C31H37NO3S2/c1-31(2,37-21-25-12-16-28(35-4)17-13-25)29-18-26(22-36-20-24-10-14-27(34-3)15-11-24)30(33)32(29)19-23-8-6-5-7-9-23/h5-17,26,29H,18-22H2,1-4H3/t26-,29-/m1/s1. The number of benzene rings is 3. The van der Waals surface area contributed by atoms with Crippen molar-refractivity contribution in [2.24, 2.45) is 5.92 Å². The minimum absolute atomic E-state index is 0.0397. The van der Waals surface area contributed by atoms with Gasteiger partial charge >= 0.3 is 0 Å². The third-order valence-corrected chi connectivity index (χ3v) is 9.70. The number of methoxy groups -OCH3 is 2. The van der Waals surface area contributed by atoms with Crippen molar-refractivity contribution < 1.29 is 14.3 Å². The van der Waals surface area contributed by atoms with E-state index in [-0.39, 0.29) is 22.6 Å². The first-order valence-electron chi connectivity index (χ1n) is 12.7. The number of hydrogen-bond acceptors (Lipinski definition) is 5. The first kappa shape index (κ1) is 27.5. The van der Waals surface area contributed by atoms with E-state index in [0.29, 0.717) is 6.54 Å². The quantitative estimate of drug-likeness (QED) is 0.248. The van der Waals surface area contributed by atoms with Crippen molar-refractivity contribution in [3.8, 4) is 11.5 Å². The van der Waals surface area contributed by atoms with Crippen LogP contribution in [0, 0.1) is 5.92 Å². The summed E-state index contributed by atoms with van der Waals surface area (Å²) in [5.41, 5.74) is 3.71. The summed E-state index contributed by atoms with van der Waals surface area (Å²) in [6.45, 7) is 5.25. The molecular weight excluding hydrogens is 498 g/mol. The lowest BCUT2D eigenvalue weighted by Crippen LogP contribution is -2.45. The minimum atomic E-state index is -0.0836. The molecule has 37 heavy (non-hydrogen) atoms. The molecule has 6 heteroatoms. The van der Waals surface area contributed by atoms with Gasteiger partial charge in [-0.1, -0.05) is 54.6 Å². The molecule has 0 aromatic heterocycles. The topological polar surface area (TPSA) is 38.8 Å². The summed E-state index contributed by atoms with van der Waals surface area (Å²) >= 11 is 3.78. The van der Waals surface area contributed by atoms with Crippen molar-refractivity contribution >= 4 is 29.4 Å². The maximum atomic E-state index is 13.7. The number of carbonyl (C=O) groups excluding carboxylic acids is 1. The van der Waals surface area contributed by atoms with E-state index in [1.807, 2.05) is 53.9 Å². The molecule has 1 saturated heterocycles. The van der Waals surface area contributed by atoms with Crippen molar-refractivity contribution in [3.05, 3.63) is 95.6 Å². The zero-order valence-electron chi connectivity index (χ0n) is 22.2. The molecule has 3 aromatic rings. The van der Waals surface area contributed by atoms with Gasteiger partial charge in [0.2, 0.25) is 5.91 Å². The van der Waals surface area contributed by atoms with Crippen LogP contribution < -0.4 is 9.47 Å². The average molecular weight is 536 g/mol. The van der Waals surface area contributed by atoms with E-state index in [2.05, 4.69) is 67.3 Å². The van der Waals surface area contributed by atoms with Crippen molar-refractivity contribution in [1.29, 1.82) is 0 Å². The Morgan fingerprint density at radius 1 is 0.811 bits per heavy atom. The molecule has 196 valence electrons. The van der Waals surface area contributed by atoms with Crippen LogP contribution in [0.15, 0.2) is 78.9 Å². The number of nitrogens with zero attached hydrogens (tertiary/aromatic N) is 1. The van der Waals surface area contributed by atoms with E-state index < -0.39 is 0 Å². The Balaban J connectivity index is 1.43. The zero-order chi connectivity index (χ0) is 26.3. The highest BCUT2D eigenvalue weighted by Gasteiger charge is 2.46. The molecule has 4 nitrogen and oxygen atoms in total. The van der Waals surface area contributed by atoms with Gasteiger partial charge in [-0.05, 0) is 61.2 Å². The normalized spacial score (nSPS) is 17.7. The smallest absolute Gasteiger partial charge is 0.227 e. The van der Waals surface area contributed by atoms with Gasteiger partial charge in [0.1, 0.15) is 11.5 Å². The fourth-order valence-corrected chi connectivity index (χ4v) is 7.04. The Bertz CT molecular complexity index is 1130. The van der Waals surface area contributed by atoms with Gasteiger partial charge in [0.25, 0.3) is 0 Å². The van der Waals surface area contributed by atoms with Crippen LogP contribution in [0.4, 0.5) is 0 Å². The second kappa shape index (κ2) is 12.8. The van der Waals surface area contributed by atoms with Crippen LogP contribution in [0.3, 0.4) is 0 Å². The van der Waals surface area contributed by atoms with Gasteiger partial charge in [0.15, 0.2) is 0 Å². The first-order valence-corrected chi connectivity index (χ1v) is 14.9.